The highest BCUT2D eigenvalue weighted by molar-refractivity contribution is 5.97. The van der Waals surface area contributed by atoms with Gasteiger partial charge in [-0.15, -0.1) is 0 Å². The second-order valence-corrected chi connectivity index (χ2v) is 7.42. The van der Waals surface area contributed by atoms with Gasteiger partial charge >= 0.3 is 0 Å². The van der Waals surface area contributed by atoms with Gasteiger partial charge in [0.15, 0.2) is 0 Å². The molecule has 2 saturated heterocycles. The summed E-state index contributed by atoms with van der Waals surface area (Å²) in [5, 5.41) is 10.3. The van der Waals surface area contributed by atoms with E-state index >= 15 is 0 Å². The van der Waals surface area contributed by atoms with Crippen LogP contribution < -0.4 is 4.74 Å². The van der Waals surface area contributed by atoms with E-state index in [2.05, 4.69) is 17.1 Å². The number of benzene rings is 1. The predicted molar refractivity (Wildman–Crippen MR) is 98.1 cm³/mol. The standard InChI is InChI=1S/C21H24N2O3/c1-26-18-13-22-10-9-17(18)20(25)23-16-7-8-19(23)21(12-16,14-24)11-15-5-3-2-4-6-15/h2-6,9-10,13,16,19,24H,7-8,11-12,14H2,1H3/t16-,19+,21-/m1/s1. The van der Waals surface area contributed by atoms with Crippen LogP contribution in [-0.2, 0) is 6.42 Å². The molecular weight excluding hydrogens is 328 g/mol. The van der Waals surface area contributed by atoms with E-state index in [1.807, 2.05) is 23.1 Å². The summed E-state index contributed by atoms with van der Waals surface area (Å²) in [5.74, 6) is 0.488. The highest BCUT2D eigenvalue weighted by atomic mass is 16.5. The van der Waals surface area contributed by atoms with E-state index in [1.54, 1.807) is 25.6 Å². The van der Waals surface area contributed by atoms with Crippen LogP contribution in [0.3, 0.4) is 0 Å². The smallest absolute Gasteiger partial charge is 0.258 e. The van der Waals surface area contributed by atoms with Gasteiger partial charge in [-0.3, -0.25) is 9.78 Å². The number of amides is 1. The van der Waals surface area contributed by atoms with Crippen molar-refractivity contribution in [2.24, 2.45) is 5.41 Å². The molecule has 0 radical (unpaired) electrons. The molecule has 2 fully saturated rings. The van der Waals surface area contributed by atoms with Crippen molar-refractivity contribution >= 4 is 5.91 Å². The number of aliphatic hydroxyl groups excluding tert-OH is 1. The normalized spacial score (nSPS) is 26.9. The molecule has 3 atom stereocenters. The Bertz CT molecular complexity index is 795. The molecule has 0 aliphatic carbocycles. The Labute approximate surface area is 153 Å². The predicted octanol–water partition coefficient (Wildman–Crippen LogP) is 2.69. The number of aromatic nitrogens is 1. The van der Waals surface area contributed by atoms with Crippen LogP contribution in [0.4, 0.5) is 0 Å². The maximum atomic E-state index is 13.3. The topological polar surface area (TPSA) is 62.7 Å². The zero-order chi connectivity index (χ0) is 18.1. The monoisotopic (exact) mass is 352 g/mol. The first-order valence-corrected chi connectivity index (χ1v) is 9.14. The minimum atomic E-state index is -0.264. The maximum Gasteiger partial charge on any atom is 0.258 e. The van der Waals surface area contributed by atoms with E-state index in [-0.39, 0.29) is 30.0 Å². The Kier molecular flexibility index (Phi) is 4.41. The molecule has 2 aliphatic heterocycles. The number of methoxy groups -OCH3 is 1. The highest BCUT2D eigenvalue weighted by Gasteiger charge is 2.57. The lowest BCUT2D eigenvalue weighted by Gasteiger charge is -2.36. The molecule has 3 heterocycles. The van der Waals surface area contributed by atoms with Gasteiger partial charge in [-0.05, 0) is 37.3 Å². The van der Waals surface area contributed by atoms with Gasteiger partial charge in [0.25, 0.3) is 5.91 Å². The Morgan fingerprint density at radius 1 is 1.31 bits per heavy atom. The van der Waals surface area contributed by atoms with Gasteiger partial charge in [0, 0.05) is 23.7 Å². The van der Waals surface area contributed by atoms with Gasteiger partial charge in [-0.1, -0.05) is 30.3 Å². The second kappa shape index (κ2) is 6.72. The number of carbonyl (C=O) groups is 1. The van der Waals surface area contributed by atoms with Crippen LogP contribution in [0.5, 0.6) is 5.75 Å². The fraction of sp³-hybridized carbons (Fsp3) is 0.429. The number of carbonyl (C=O) groups excluding carboxylic acids is 1. The summed E-state index contributed by atoms with van der Waals surface area (Å²) in [6.07, 6.45) is 6.79. The van der Waals surface area contributed by atoms with Crippen LogP contribution in [-0.4, -0.2) is 46.7 Å². The van der Waals surface area contributed by atoms with Crippen molar-refractivity contribution in [1.29, 1.82) is 0 Å². The zero-order valence-electron chi connectivity index (χ0n) is 15.0. The van der Waals surface area contributed by atoms with Crippen LogP contribution in [0.2, 0.25) is 0 Å². The lowest BCUT2D eigenvalue weighted by molar-refractivity contribution is 0.0568. The molecule has 136 valence electrons. The summed E-state index contributed by atoms with van der Waals surface area (Å²) in [6.45, 7) is 0.0975. The fourth-order valence-electron chi connectivity index (χ4n) is 4.87. The Balaban J connectivity index is 1.64. The van der Waals surface area contributed by atoms with Gasteiger partial charge in [0.2, 0.25) is 0 Å². The van der Waals surface area contributed by atoms with E-state index in [0.717, 1.165) is 25.7 Å². The summed E-state index contributed by atoms with van der Waals surface area (Å²) in [6, 6.07) is 12.2. The number of rotatable bonds is 5. The number of nitrogens with zero attached hydrogens (tertiary/aromatic N) is 2. The van der Waals surface area contributed by atoms with Crippen LogP contribution in [0.15, 0.2) is 48.8 Å². The molecule has 0 spiro atoms. The van der Waals surface area contributed by atoms with E-state index in [4.69, 9.17) is 4.74 Å². The molecule has 1 N–H and O–H groups in total. The molecule has 1 aromatic heterocycles. The maximum absolute atomic E-state index is 13.3. The molecule has 4 rings (SSSR count). The van der Waals surface area contributed by atoms with E-state index in [1.165, 1.54) is 5.56 Å². The van der Waals surface area contributed by atoms with Crippen molar-refractivity contribution in [2.75, 3.05) is 13.7 Å². The third-order valence-electron chi connectivity index (χ3n) is 6.03. The van der Waals surface area contributed by atoms with Gasteiger partial charge < -0.3 is 14.7 Å². The average molecular weight is 352 g/mol. The lowest BCUT2D eigenvalue weighted by Crippen LogP contribution is -2.44. The first-order chi connectivity index (χ1) is 12.7. The van der Waals surface area contributed by atoms with Crippen molar-refractivity contribution in [2.45, 2.75) is 37.8 Å². The summed E-state index contributed by atoms with van der Waals surface area (Å²) >= 11 is 0. The largest absolute Gasteiger partial charge is 0.494 e. The fourth-order valence-corrected chi connectivity index (χ4v) is 4.87. The van der Waals surface area contributed by atoms with Gasteiger partial charge in [0.1, 0.15) is 5.75 Å². The summed E-state index contributed by atoms with van der Waals surface area (Å²) in [7, 11) is 1.56. The van der Waals surface area contributed by atoms with Crippen molar-refractivity contribution in [3.8, 4) is 5.75 Å². The van der Waals surface area contributed by atoms with Gasteiger partial charge in [0.05, 0.1) is 25.5 Å². The molecule has 2 bridgehead atoms. The zero-order valence-corrected chi connectivity index (χ0v) is 15.0. The number of aliphatic hydroxyl groups is 1. The molecule has 5 nitrogen and oxygen atoms in total. The van der Waals surface area contributed by atoms with E-state index in [9.17, 15) is 9.90 Å². The Morgan fingerprint density at radius 3 is 2.85 bits per heavy atom. The quantitative estimate of drug-likeness (QED) is 0.899. The van der Waals surface area contributed by atoms with E-state index in [0.29, 0.717) is 11.3 Å². The van der Waals surface area contributed by atoms with Crippen molar-refractivity contribution < 1.29 is 14.6 Å². The third-order valence-corrected chi connectivity index (χ3v) is 6.03. The molecule has 5 heteroatoms. The number of hydrogen-bond acceptors (Lipinski definition) is 4. The molecule has 0 saturated carbocycles. The van der Waals surface area contributed by atoms with Crippen LogP contribution in [0, 0.1) is 5.41 Å². The van der Waals surface area contributed by atoms with Gasteiger partial charge in [-0.2, -0.15) is 0 Å². The first-order valence-electron chi connectivity index (χ1n) is 9.14. The summed E-state index contributed by atoms with van der Waals surface area (Å²) in [5.41, 5.74) is 1.50. The number of ether oxygens (including phenoxy) is 1. The molecule has 2 aliphatic rings. The van der Waals surface area contributed by atoms with Crippen molar-refractivity contribution in [3.05, 3.63) is 59.9 Å². The number of hydrogen-bond donors (Lipinski definition) is 1. The number of fused-ring (bicyclic) bond motifs is 2. The molecular formula is C21H24N2O3. The molecule has 1 aromatic carbocycles. The summed E-state index contributed by atoms with van der Waals surface area (Å²) < 4.78 is 5.33. The molecule has 26 heavy (non-hydrogen) atoms. The minimum absolute atomic E-state index is 0.0138. The Hall–Kier alpha value is -2.40. The van der Waals surface area contributed by atoms with Crippen LogP contribution in [0.25, 0.3) is 0 Å². The third kappa shape index (κ3) is 2.67. The van der Waals surface area contributed by atoms with E-state index < -0.39 is 0 Å². The van der Waals surface area contributed by atoms with Crippen molar-refractivity contribution in [1.82, 2.24) is 9.88 Å². The summed E-state index contributed by atoms with van der Waals surface area (Å²) in [4.78, 5) is 19.3. The number of pyridine rings is 1. The second-order valence-electron chi connectivity index (χ2n) is 7.42. The average Bonchev–Trinajstić information content (AvgIpc) is 3.24. The van der Waals surface area contributed by atoms with Gasteiger partial charge in [-0.25, -0.2) is 0 Å². The first kappa shape index (κ1) is 17.0. The SMILES string of the molecule is COc1cnccc1C(=O)N1[C@@H]2CC[C@H]1[C@](CO)(Cc1ccccc1)C2. The molecule has 0 unspecified atom stereocenters. The minimum Gasteiger partial charge on any atom is -0.494 e. The van der Waals surface area contributed by atoms with Crippen molar-refractivity contribution in [3.63, 3.8) is 0 Å². The van der Waals surface area contributed by atoms with Crippen LogP contribution in [0.1, 0.15) is 35.2 Å². The Morgan fingerprint density at radius 2 is 2.12 bits per heavy atom. The van der Waals surface area contributed by atoms with Crippen LogP contribution >= 0.6 is 0 Å². The molecule has 1 amide bonds. The lowest BCUT2D eigenvalue weighted by atomic mass is 9.70. The molecule has 2 aromatic rings. The highest BCUT2D eigenvalue weighted by Crippen LogP contribution is 2.52.